The summed E-state index contributed by atoms with van der Waals surface area (Å²) in [6, 6.07) is -0.627. The van der Waals surface area contributed by atoms with Gasteiger partial charge in [-0.25, -0.2) is 4.79 Å². The maximum absolute atomic E-state index is 12.7. The van der Waals surface area contributed by atoms with Gasteiger partial charge in [-0.05, 0) is 51.4 Å². The van der Waals surface area contributed by atoms with Crippen molar-refractivity contribution in [1.29, 1.82) is 0 Å². The monoisotopic (exact) mass is 799 g/mol. The van der Waals surface area contributed by atoms with Crippen molar-refractivity contribution in [2.24, 2.45) is 0 Å². The van der Waals surface area contributed by atoms with Crippen molar-refractivity contribution in [3.05, 3.63) is 72.9 Å². The van der Waals surface area contributed by atoms with E-state index in [1.165, 1.54) is 70.6 Å². The molecule has 0 aromatic carbocycles. The summed E-state index contributed by atoms with van der Waals surface area (Å²) in [5.74, 6) is -1.58. The van der Waals surface area contributed by atoms with E-state index in [1.807, 2.05) is 33.3 Å². The summed E-state index contributed by atoms with van der Waals surface area (Å²) in [4.78, 5) is 37.0. The SMILES string of the molecule is CC/C=C/C/C=C/C/C=C/C/C=C/C/C=C/C/C=C/CCC(=O)OCC(COCCC(C(=O)O)[N+](C)(C)C)OC(=O)CCCCCCCCCCCCCCCC. The molecule has 0 saturated heterocycles. The average Bonchev–Trinajstić information content (AvgIpc) is 3.17. The molecule has 2 unspecified atom stereocenters. The van der Waals surface area contributed by atoms with Crippen LogP contribution >= 0.6 is 0 Å². The van der Waals surface area contributed by atoms with Crippen LogP contribution < -0.4 is 0 Å². The fraction of sp³-hybridized carbons (Fsp3) is 0.694. The third kappa shape index (κ3) is 38.1. The highest BCUT2D eigenvalue weighted by Crippen LogP contribution is 2.14. The number of carbonyl (C=O) groups excluding carboxylic acids is 2. The van der Waals surface area contributed by atoms with Crippen molar-refractivity contribution in [3.63, 3.8) is 0 Å². The number of carboxylic acids is 1. The first-order valence-electron chi connectivity index (χ1n) is 22.5. The molecule has 0 aromatic rings. The van der Waals surface area contributed by atoms with E-state index < -0.39 is 18.1 Å². The summed E-state index contributed by atoms with van der Waals surface area (Å²) in [5.41, 5.74) is 0. The van der Waals surface area contributed by atoms with E-state index in [0.29, 0.717) is 19.3 Å². The molecule has 0 spiro atoms. The molecule has 0 heterocycles. The second kappa shape index (κ2) is 39.6. The molecule has 0 aromatic heterocycles. The molecule has 0 saturated carbocycles. The normalized spacial score (nSPS) is 13.6. The van der Waals surface area contributed by atoms with Crippen molar-refractivity contribution < 1.29 is 38.2 Å². The molecular weight excluding hydrogens is 715 g/mol. The van der Waals surface area contributed by atoms with Crippen LogP contribution in [0.1, 0.15) is 168 Å². The number of carbonyl (C=O) groups is 3. The number of unbranched alkanes of at least 4 members (excludes halogenated alkanes) is 13. The van der Waals surface area contributed by atoms with E-state index >= 15 is 0 Å². The first-order chi connectivity index (χ1) is 27.6. The highest BCUT2D eigenvalue weighted by molar-refractivity contribution is 5.72. The quantitative estimate of drug-likeness (QED) is 0.0286. The Morgan fingerprint density at radius 1 is 0.544 bits per heavy atom. The Balaban J connectivity index is 4.46. The first kappa shape index (κ1) is 53.8. The molecule has 0 bridgehead atoms. The van der Waals surface area contributed by atoms with E-state index in [4.69, 9.17) is 14.2 Å². The Kier molecular flexibility index (Phi) is 37.3. The molecular formula is C49H84NO7+. The highest BCUT2D eigenvalue weighted by Gasteiger charge is 2.31. The van der Waals surface area contributed by atoms with Crippen LogP contribution in [-0.2, 0) is 28.6 Å². The van der Waals surface area contributed by atoms with Crippen molar-refractivity contribution in [3.8, 4) is 0 Å². The highest BCUT2D eigenvalue weighted by atomic mass is 16.6. The van der Waals surface area contributed by atoms with Gasteiger partial charge in [0.15, 0.2) is 12.1 Å². The smallest absolute Gasteiger partial charge is 0.362 e. The molecule has 0 radical (unpaired) electrons. The zero-order valence-electron chi connectivity index (χ0n) is 37.0. The van der Waals surface area contributed by atoms with Crippen LogP contribution in [0.3, 0.4) is 0 Å². The number of rotatable bonds is 39. The number of ether oxygens (including phenoxy) is 3. The van der Waals surface area contributed by atoms with Gasteiger partial charge in [0.1, 0.15) is 6.61 Å². The van der Waals surface area contributed by atoms with Crippen molar-refractivity contribution in [2.75, 3.05) is 41.0 Å². The van der Waals surface area contributed by atoms with Gasteiger partial charge in [0.2, 0.25) is 0 Å². The lowest BCUT2D eigenvalue weighted by atomic mass is 10.0. The van der Waals surface area contributed by atoms with Crippen molar-refractivity contribution in [2.45, 2.75) is 180 Å². The van der Waals surface area contributed by atoms with Gasteiger partial charge < -0.3 is 23.8 Å². The third-order valence-corrected chi connectivity index (χ3v) is 9.63. The molecule has 0 aliphatic heterocycles. The minimum absolute atomic E-state index is 0.0361. The predicted octanol–water partition coefficient (Wildman–Crippen LogP) is 12.4. The molecule has 0 aliphatic carbocycles. The van der Waals surface area contributed by atoms with Crippen LogP contribution in [0, 0.1) is 0 Å². The van der Waals surface area contributed by atoms with Crippen LogP contribution in [0.4, 0.5) is 0 Å². The summed E-state index contributed by atoms with van der Waals surface area (Å²) < 4.78 is 17.2. The minimum atomic E-state index is -0.886. The largest absolute Gasteiger partial charge is 0.477 e. The standard InChI is InChI=1S/C49H83NO7/c1-6-8-10-12-14-16-18-20-22-23-24-25-26-28-29-31-33-35-37-39-47(51)56-44-45(43-55-42-41-46(49(53)54)50(3,4)5)57-48(52)40-38-36-34-32-30-27-21-19-17-15-13-11-9-7-2/h8,10,14,16,20,22,24-25,28-29,33,35,45-46H,6-7,9,11-13,15,17-19,21,23,26-27,30-32,34,36-44H2,1-5H3/p+1/b10-8+,16-14+,22-20+,25-24+,29-28+,35-33+. The molecule has 0 amide bonds. The zero-order valence-corrected chi connectivity index (χ0v) is 37.0. The molecule has 2 atom stereocenters. The Hall–Kier alpha value is -3.23. The Morgan fingerprint density at radius 2 is 0.982 bits per heavy atom. The molecule has 8 nitrogen and oxygen atoms in total. The first-order valence-corrected chi connectivity index (χ1v) is 22.5. The van der Waals surface area contributed by atoms with Gasteiger partial charge in [-0.3, -0.25) is 9.59 Å². The molecule has 8 heteroatoms. The van der Waals surface area contributed by atoms with Crippen LogP contribution in [-0.4, -0.2) is 80.6 Å². The Morgan fingerprint density at radius 3 is 1.42 bits per heavy atom. The summed E-state index contributed by atoms with van der Waals surface area (Å²) in [7, 11) is 5.50. The number of hydrogen-bond acceptors (Lipinski definition) is 6. The second-order valence-electron chi connectivity index (χ2n) is 15.9. The molecule has 326 valence electrons. The summed E-state index contributed by atoms with van der Waals surface area (Å²) in [6.07, 6.45) is 49.6. The number of hydrogen-bond donors (Lipinski definition) is 1. The van der Waals surface area contributed by atoms with E-state index in [0.717, 1.165) is 57.8 Å². The van der Waals surface area contributed by atoms with Crippen LogP contribution in [0.2, 0.25) is 0 Å². The number of likely N-dealkylation sites (N-methyl/N-ethyl adjacent to an activating group) is 1. The number of nitrogens with zero attached hydrogens (tertiary/aromatic N) is 1. The van der Waals surface area contributed by atoms with Crippen LogP contribution in [0.15, 0.2) is 72.9 Å². The Bertz CT molecular complexity index is 1160. The predicted molar refractivity (Wildman–Crippen MR) is 238 cm³/mol. The third-order valence-electron chi connectivity index (χ3n) is 9.63. The topological polar surface area (TPSA) is 99.1 Å². The van der Waals surface area contributed by atoms with Gasteiger partial charge in [0.05, 0.1) is 34.4 Å². The number of carboxylic acid groups (broad SMARTS) is 1. The van der Waals surface area contributed by atoms with Crippen LogP contribution in [0.5, 0.6) is 0 Å². The minimum Gasteiger partial charge on any atom is -0.477 e. The molecule has 0 fully saturated rings. The number of allylic oxidation sites excluding steroid dienone is 12. The zero-order chi connectivity index (χ0) is 42.1. The van der Waals surface area contributed by atoms with E-state index in [9.17, 15) is 19.5 Å². The van der Waals surface area contributed by atoms with E-state index in [-0.39, 0.29) is 42.7 Å². The molecule has 0 rings (SSSR count). The van der Waals surface area contributed by atoms with Crippen molar-refractivity contribution in [1.82, 2.24) is 0 Å². The van der Waals surface area contributed by atoms with E-state index in [1.54, 1.807) is 0 Å². The Labute approximate surface area is 349 Å². The van der Waals surface area contributed by atoms with Gasteiger partial charge in [0.25, 0.3) is 0 Å². The summed E-state index contributed by atoms with van der Waals surface area (Å²) in [5, 5.41) is 9.62. The lowest BCUT2D eigenvalue weighted by Crippen LogP contribution is -2.50. The van der Waals surface area contributed by atoms with Gasteiger partial charge in [0, 0.05) is 19.3 Å². The molecule has 1 N–H and O–H groups in total. The second-order valence-corrected chi connectivity index (χ2v) is 15.9. The maximum Gasteiger partial charge on any atom is 0.362 e. The average molecular weight is 799 g/mol. The summed E-state index contributed by atoms with van der Waals surface area (Å²) in [6.45, 7) is 4.54. The fourth-order valence-corrected chi connectivity index (χ4v) is 6.18. The fourth-order valence-electron chi connectivity index (χ4n) is 6.18. The number of esters is 2. The maximum atomic E-state index is 12.7. The van der Waals surface area contributed by atoms with Crippen molar-refractivity contribution >= 4 is 17.9 Å². The van der Waals surface area contributed by atoms with Crippen LogP contribution in [0.25, 0.3) is 0 Å². The number of aliphatic carboxylic acids is 1. The molecule has 57 heavy (non-hydrogen) atoms. The van der Waals surface area contributed by atoms with Gasteiger partial charge >= 0.3 is 17.9 Å². The van der Waals surface area contributed by atoms with Gasteiger partial charge in [-0.15, -0.1) is 0 Å². The van der Waals surface area contributed by atoms with Gasteiger partial charge in [-0.2, -0.15) is 0 Å². The number of quaternary nitrogens is 1. The van der Waals surface area contributed by atoms with E-state index in [2.05, 4.69) is 74.6 Å². The summed E-state index contributed by atoms with van der Waals surface area (Å²) >= 11 is 0. The lowest BCUT2D eigenvalue weighted by molar-refractivity contribution is -0.887. The van der Waals surface area contributed by atoms with Gasteiger partial charge in [-0.1, -0.05) is 170 Å². The lowest BCUT2D eigenvalue weighted by Gasteiger charge is -2.31. The molecule has 0 aliphatic rings.